The van der Waals surface area contributed by atoms with Gasteiger partial charge in [0.1, 0.15) is 0 Å². The summed E-state index contributed by atoms with van der Waals surface area (Å²) in [5.74, 6) is 0.309. The van der Waals surface area contributed by atoms with Crippen LogP contribution in [-0.4, -0.2) is 23.9 Å². The smallest absolute Gasteiger partial charge is 0.223 e. The molecule has 2 aliphatic rings. The third kappa shape index (κ3) is 3.25. The number of rotatable bonds is 3. The van der Waals surface area contributed by atoms with E-state index in [1.807, 2.05) is 12.1 Å². The Morgan fingerprint density at radius 3 is 2.64 bits per heavy atom. The molecule has 25 heavy (non-hydrogen) atoms. The van der Waals surface area contributed by atoms with Crippen molar-refractivity contribution in [1.29, 1.82) is 0 Å². The fourth-order valence-corrected chi connectivity index (χ4v) is 4.21. The number of amides is 1. The van der Waals surface area contributed by atoms with Crippen LogP contribution in [0.25, 0.3) is 0 Å². The monoisotopic (exact) mass is 354 g/mol. The maximum Gasteiger partial charge on any atom is 0.223 e. The third-order valence-electron chi connectivity index (χ3n) is 5.33. The molecule has 1 unspecified atom stereocenters. The molecule has 1 fully saturated rings. The van der Waals surface area contributed by atoms with Crippen molar-refractivity contribution in [2.45, 2.75) is 38.8 Å². The summed E-state index contributed by atoms with van der Waals surface area (Å²) in [6, 6.07) is 14.9. The van der Waals surface area contributed by atoms with E-state index in [4.69, 9.17) is 11.6 Å². The van der Waals surface area contributed by atoms with Crippen LogP contribution in [0.1, 0.15) is 42.0 Å². The van der Waals surface area contributed by atoms with Gasteiger partial charge in [-0.2, -0.15) is 0 Å². The van der Waals surface area contributed by atoms with Gasteiger partial charge in [0, 0.05) is 36.8 Å². The summed E-state index contributed by atoms with van der Waals surface area (Å²) in [6.07, 6.45) is 2.69. The van der Waals surface area contributed by atoms with E-state index in [0.717, 1.165) is 37.5 Å². The Morgan fingerprint density at radius 2 is 1.92 bits per heavy atom. The Labute approximate surface area is 154 Å². The molecule has 2 aliphatic heterocycles. The highest BCUT2D eigenvalue weighted by atomic mass is 35.5. The van der Waals surface area contributed by atoms with Gasteiger partial charge in [-0.25, -0.2) is 0 Å². The second-order valence-corrected chi connectivity index (χ2v) is 7.54. The van der Waals surface area contributed by atoms with Crippen molar-refractivity contribution in [3.05, 3.63) is 64.2 Å². The first-order chi connectivity index (χ1) is 12.1. The fourth-order valence-electron chi connectivity index (χ4n) is 4.08. The largest absolute Gasteiger partial charge is 0.367 e. The Kier molecular flexibility index (Phi) is 4.43. The van der Waals surface area contributed by atoms with Gasteiger partial charge >= 0.3 is 0 Å². The van der Waals surface area contributed by atoms with Gasteiger partial charge in [0.2, 0.25) is 5.91 Å². The summed E-state index contributed by atoms with van der Waals surface area (Å²) in [4.78, 5) is 16.8. The predicted octanol–water partition coefficient (Wildman–Crippen LogP) is 4.72. The van der Waals surface area contributed by atoms with Crippen molar-refractivity contribution in [2.24, 2.45) is 0 Å². The summed E-state index contributed by atoms with van der Waals surface area (Å²) in [5.41, 5.74) is 5.07. The van der Waals surface area contributed by atoms with Crippen LogP contribution in [0.2, 0.25) is 5.02 Å². The number of fused-ring (bicyclic) bond motifs is 1. The van der Waals surface area contributed by atoms with Gasteiger partial charge in [-0.3, -0.25) is 4.79 Å². The summed E-state index contributed by atoms with van der Waals surface area (Å²) in [7, 11) is 0. The van der Waals surface area contributed by atoms with E-state index >= 15 is 0 Å². The first kappa shape index (κ1) is 16.5. The fraction of sp³-hybridized carbons (Fsp3) is 0.381. The number of anilines is 1. The molecule has 1 saturated heterocycles. The lowest BCUT2D eigenvalue weighted by Crippen LogP contribution is -2.38. The van der Waals surface area contributed by atoms with E-state index in [1.54, 1.807) is 0 Å². The lowest BCUT2D eigenvalue weighted by molar-refractivity contribution is -0.130. The first-order valence-corrected chi connectivity index (χ1v) is 9.39. The van der Waals surface area contributed by atoms with Gasteiger partial charge < -0.3 is 9.80 Å². The number of benzene rings is 2. The van der Waals surface area contributed by atoms with Crippen molar-refractivity contribution in [3.63, 3.8) is 0 Å². The number of aryl methyl sites for hydroxylation is 1. The van der Waals surface area contributed by atoms with Crippen molar-refractivity contribution in [3.8, 4) is 0 Å². The maximum atomic E-state index is 12.3. The van der Waals surface area contributed by atoms with E-state index in [9.17, 15) is 4.79 Å². The maximum absolute atomic E-state index is 12.3. The van der Waals surface area contributed by atoms with E-state index < -0.39 is 0 Å². The van der Waals surface area contributed by atoms with Crippen LogP contribution in [-0.2, 0) is 11.3 Å². The molecule has 0 N–H and O–H groups in total. The molecule has 3 nitrogen and oxygen atoms in total. The molecule has 2 aromatic carbocycles. The molecule has 2 aromatic rings. The molecule has 0 saturated carbocycles. The Morgan fingerprint density at radius 1 is 1.12 bits per heavy atom. The van der Waals surface area contributed by atoms with Crippen molar-refractivity contribution in [1.82, 2.24) is 4.90 Å². The number of hydrogen-bond acceptors (Lipinski definition) is 2. The minimum absolute atomic E-state index is 0.228. The van der Waals surface area contributed by atoms with Crippen LogP contribution in [0.4, 0.5) is 5.69 Å². The molecule has 0 aromatic heterocycles. The van der Waals surface area contributed by atoms with Crippen LogP contribution in [0, 0.1) is 6.92 Å². The van der Waals surface area contributed by atoms with Gasteiger partial charge in [0.05, 0.1) is 6.04 Å². The molecule has 0 aliphatic carbocycles. The lowest BCUT2D eigenvalue weighted by Gasteiger charge is -2.40. The minimum atomic E-state index is 0.228. The van der Waals surface area contributed by atoms with Crippen molar-refractivity contribution >= 4 is 23.2 Å². The molecule has 1 atom stereocenters. The summed E-state index contributed by atoms with van der Waals surface area (Å²) < 4.78 is 0. The third-order valence-corrected chi connectivity index (χ3v) is 5.58. The van der Waals surface area contributed by atoms with Gasteiger partial charge in [-0.1, -0.05) is 41.4 Å². The summed E-state index contributed by atoms with van der Waals surface area (Å²) >= 11 is 6.01. The molecule has 4 heteroatoms. The average molecular weight is 355 g/mol. The zero-order chi connectivity index (χ0) is 17.4. The Balaban J connectivity index is 1.65. The number of nitrogens with zero attached hydrogens (tertiary/aromatic N) is 2. The highest BCUT2D eigenvalue weighted by Gasteiger charge is 2.34. The second kappa shape index (κ2) is 6.72. The zero-order valence-electron chi connectivity index (χ0n) is 14.5. The second-order valence-electron chi connectivity index (χ2n) is 7.11. The normalized spacial score (nSPS) is 20.1. The Hall–Kier alpha value is -2.00. The Bertz CT molecular complexity index is 787. The number of halogens is 1. The summed E-state index contributed by atoms with van der Waals surface area (Å²) in [5, 5.41) is 0.769. The molecular weight excluding hydrogens is 332 g/mol. The predicted molar refractivity (Wildman–Crippen MR) is 102 cm³/mol. The number of carbonyl (C=O) groups is 1. The van der Waals surface area contributed by atoms with Crippen molar-refractivity contribution < 1.29 is 4.79 Å². The van der Waals surface area contributed by atoms with E-state index in [1.165, 1.54) is 22.4 Å². The molecule has 0 radical (unpaired) electrons. The van der Waals surface area contributed by atoms with Crippen LogP contribution < -0.4 is 4.90 Å². The van der Waals surface area contributed by atoms with E-state index in [0.29, 0.717) is 12.3 Å². The molecule has 2 heterocycles. The quantitative estimate of drug-likeness (QED) is 0.796. The summed E-state index contributed by atoms with van der Waals surface area (Å²) in [6.45, 7) is 4.86. The number of carbonyl (C=O) groups excluding carboxylic acids is 1. The van der Waals surface area contributed by atoms with E-state index in [2.05, 4.69) is 47.1 Å². The average Bonchev–Trinajstić information content (AvgIpc) is 3.03. The zero-order valence-corrected chi connectivity index (χ0v) is 15.3. The molecular formula is C21H23ClN2O. The van der Waals surface area contributed by atoms with Crippen LogP contribution in [0.5, 0.6) is 0 Å². The lowest BCUT2D eigenvalue weighted by atomic mass is 9.93. The van der Waals surface area contributed by atoms with Crippen LogP contribution in [0.3, 0.4) is 0 Å². The topological polar surface area (TPSA) is 23.6 Å². The van der Waals surface area contributed by atoms with Gasteiger partial charge in [0.25, 0.3) is 0 Å². The van der Waals surface area contributed by atoms with Crippen LogP contribution >= 0.6 is 11.6 Å². The molecule has 1 amide bonds. The molecule has 4 rings (SSSR count). The molecule has 0 bridgehead atoms. The van der Waals surface area contributed by atoms with E-state index in [-0.39, 0.29) is 6.04 Å². The highest BCUT2D eigenvalue weighted by molar-refractivity contribution is 6.30. The van der Waals surface area contributed by atoms with Crippen LogP contribution in [0.15, 0.2) is 42.5 Å². The SMILES string of the molecule is Cc1ccc2c(c1)C(N1CCCC1=O)CCN2Cc1ccc(Cl)cc1. The molecule has 130 valence electrons. The first-order valence-electron chi connectivity index (χ1n) is 9.01. The standard InChI is InChI=1S/C21H23ClN2O/c1-15-4-9-19-18(13-15)20(24-11-2-3-21(24)25)10-12-23(19)14-16-5-7-17(22)8-6-16/h4-9,13,20H,2-3,10-12,14H2,1H3. The number of hydrogen-bond donors (Lipinski definition) is 0. The minimum Gasteiger partial charge on any atom is -0.367 e. The number of likely N-dealkylation sites (tertiary alicyclic amines) is 1. The highest BCUT2D eigenvalue weighted by Crippen LogP contribution is 2.40. The van der Waals surface area contributed by atoms with Gasteiger partial charge in [-0.15, -0.1) is 0 Å². The molecule has 0 spiro atoms. The van der Waals surface area contributed by atoms with Gasteiger partial charge in [0.15, 0.2) is 0 Å². The van der Waals surface area contributed by atoms with Gasteiger partial charge in [-0.05, 0) is 49.1 Å². The van der Waals surface area contributed by atoms with Crippen molar-refractivity contribution in [2.75, 3.05) is 18.0 Å².